The molecule has 0 spiro atoms. The third-order valence-corrected chi connectivity index (χ3v) is 3.36. The van der Waals surface area contributed by atoms with E-state index in [2.05, 4.69) is 4.99 Å². The van der Waals surface area contributed by atoms with Gasteiger partial charge in [-0.3, -0.25) is 4.79 Å². The number of amides is 1. The maximum atomic E-state index is 11.9. The lowest BCUT2D eigenvalue weighted by Crippen LogP contribution is -2.24. The Morgan fingerprint density at radius 1 is 1.00 bits per heavy atom. The predicted molar refractivity (Wildman–Crippen MR) is 85.2 cm³/mol. The summed E-state index contributed by atoms with van der Waals surface area (Å²) in [5.41, 5.74) is 12.5. The molecule has 0 saturated heterocycles. The van der Waals surface area contributed by atoms with E-state index in [0.717, 1.165) is 11.1 Å². The lowest BCUT2D eigenvalue weighted by Gasteiger charge is -2.16. The Hall–Kier alpha value is -2.33. The number of carbonyl (C=O) groups is 1. The summed E-state index contributed by atoms with van der Waals surface area (Å²) in [7, 11) is 0. The number of nitrogens with zero attached hydrogens (tertiary/aromatic N) is 1. The van der Waals surface area contributed by atoms with E-state index in [0.29, 0.717) is 5.02 Å². The third kappa shape index (κ3) is 4.33. The van der Waals surface area contributed by atoms with E-state index in [1.165, 1.54) is 0 Å². The molecular weight excluding hydrogens is 286 g/mol. The lowest BCUT2D eigenvalue weighted by molar-refractivity contribution is -0.118. The van der Waals surface area contributed by atoms with E-state index >= 15 is 0 Å². The van der Waals surface area contributed by atoms with Gasteiger partial charge in [-0.1, -0.05) is 54.1 Å². The van der Waals surface area contributed by atoms with Gasteiger partial charge in [0.25, 0.3) is 0 Å². The van der Waals surface area contributed by atoms with Crippen molar-refractivity contribution >= 4 is 23.5 Å². The maximum Gasteiger partial charge on any atom is 0.249 e. The van der Waals surface area contributed by atoms with Crippen molar-refractivity contribution in [1.82, 2.24) is 0 Å². The van der Waals surface area contributed by atoms with Gasteiger partial charge in [-0.15, -0.1) is 0 Å². The summed E-state index contributed by atoms with van der Waals surface area (Å²) in [6.07, 6.45) is 0.198. The molecule has 108 valence electrons. The monoisotopic (exact) mass is 301 g/mol. The molecule has 5 heteroatoms. The largest absolute Gasteiger partial charge is 0.370 e. The van der Waals surface area contributed by atoms with Crippen LogP contribution in [0.5, 0.6) is 0 Å². The maximum absolute atomic E-state index is 11.9. The molecule has 2 aromatic rings. The minimum Gasteiger partial charge on any atom is -0.370 e. The number of guanidine groups is 1. The SMILES string of the molecule is NC(N)=NC(=O)CC(c1ccccc1)c1ccc(Cl)cc1. The van der Waals surface area contributed by atoms with Gasteiger partial charge in [-0.05, 0) is 23.3 Å². The van der Waals surface area contributed by atoms with Gasteiger partial charge in [0.2, 0.25) is 5.91 Å². The molecule has 0 aliphatic carbocycles. The van der Waals surface area contributed by atoms with Crippen LogP contribution in [0, 0.1) is 0 Å². The summed E-state index contributed by atoms with van der Waals surface area (Å²) in [4.78, 5) is 15.5. The van der Waals surface area contributed by atoms with Crippen molar-refractivity contribution in [3.05, 3.63) is 70.7 Å². The average molecular weight is 302 g/mol. The van der Waals surface area contributed by atoms with Gasteiger partial charge in [0.1, 0.15) is 0 Å². The van der Waals surface area contributed by atoms with Gasteiger partial charge in [0.15, 0.2) is 5.96 Å². The summed E-state index contributed by atoms with van der Waals surface area (Å²) >= 11 is 5.92. The van der Waals surface area contributed by atoms with Gasteiger partial charge in [0.05, 0.1) is 0 Å². The van der Waals surface area contributed by atoms with Gasteiger partial charge in [-0.25, -0.2) is 0 Å². The Morgan fingerprint density at radius 3 is 2.14 bits per heavy atom. The molecule has 0 aromatic heterocycles. The van der Waals surface area contributed by atoms with Gasteiger partial charge < -0.3 is 11.5 Å². The highest BCUT2D eigenvalue weighted by Crippen LogP contribution is 2.29. The number of nitrogens with two attached hydrogens (primary N) is 2. The predicted octanol–water partition coefficient (Wildman–Crippen LogP) is 2.66. The molecule has 2 aromatic carbocycles. The number of benzene rings is 2. The van der Waals surface area contributed by atoms with E-state index in [4.69, 9.17) is 23.1 Å². The molecule has 21 heavy (non-hydrogen) atoms. The second kappa shape index (κ2) is 6.90. The molecule has 0 radical (unpaired) electrons. The Morgan fingerprint density at radius 2 is 1.57 bits per heavy atom. The molecule has 2 rings (SSSR count). The van der Waals surface area contributed by atoms with Crippen molar-refractivity contribution in [2.75, 3.05) is 0 Å². The molecule has 1 atom stereocenters. The van der Waals surface area contributed by atoms with E-state index in [1.54, 1.807) is 12.1 Å². The smallest absolute Gasteiger partial charge is 0.249 e. The zero-order chi connectivity index (χ0) is 15.2. The van der Waals surface area contributed by atoms with E-state index < -0.39 is 0 Å². The molecule has 0 aliphatic heterocycles. The molecule has 0 saturated carbocycles. The lowest BCUT2D eigenvalue weighted by atomic mass is 9.88. The average Bonchev–Trinajstić information content (AvgIpc) is 2.46. The van der Waals surface area contributed by atoms with E-state index in [-0.39, 0.29) is 24.2 Å². The van der Waals surface area contributed by atoms with Crippen LogP contribution in [0.25, 0.3) is 0 Å². The summed E-state index contributed by atoms with van der Waals surface area (Å²) in [5.74, 6) is -0.680. The molecule has 0 fully saturated rings. The second-order valence-corrected chi connectivity index (χ2v) is 5.09. The van der Waals surface area contributed by atoms with Crippen LogP contribution >= 0.6 is 11.6 Å². The number of aliphatic imine (C=N–C) groups is 1. The number of rotatable bonds is 4. The van der Waals surface area contributed by atoms with E-state index in [9.17, 15) is 4.79 Å². The standard InChI is InChI=1S/C16H16ClN3O/c17-13-8-6-12(7-9-13)14(10-15(21)20-16(18)19)11-4-2-1-3-5-11/h1-9,14H,10H2,(H4,18,19,20,21). The Bertz CT molecular complexity index is 634. The summed E-state index contributed by atoms with van der Waals surface area (Å²) < 4.78 is 0. The first-order valence-corrected chi connectivity index (χ1v) is 6.87. The normalized spacial score (nSPS) is 11.7. The van der Waals surface area contributed by atoms with Crippen molar-refractivity contribution in [2.45, 2.75) is 12.3 Å². The highest BCUT2D eigenvalue weighted by Gasteiger charge is 2.18. The van der Waals surface area contributed by atoms with Crippen LogP contribution in [0.1, 0.15) is 23.5 Å². The first kappa shape index (κ1) is 15.1. The number of halogens is 1. The fourth-order valence-electron chi connectivity index (χ4n) is 2.17. The first-order valence-electron chi connectivity index (χ1n) is 6.49. The molecule has 1 amide bonds. The number of hydrogen-bond acceptors (Lipinski definition) is 1. The quantitative estimate of drug-likeness (QED) is 0.673. The van der Waals surface area contributed by atoms with Gasteiger partial charge in [-0.2, -0.15) is 4.99 Å². The van der Waals surface area contributed by atoms with Gasteiger partial charge in [0, 0.05) is 17.4 Å². The molecular formula is C16H16ClN3O. The van der Waals surface area contributed by atoms with Crippen LogP contribution in [0.4, 0.5) is 0 Å². The number of carbonyl (C=O) groups excluding carboxylic acids is 1. The minimum absolute atomic E-state index is 0.112. The van der Waals surface area contributed by atoms with Crippen molar-refractivity contribution in [3.8, 4) is 0 Å². The van der Waals surface area contributed by atoms with Crippen LogP contribution in [-0.2, 0) is 4.79 Å². The van der Waals surface area contributed by atoms with Crippen LogP contribution in [0.3, 0.4) is 0 Å². The minimum atomic E-state index is -0.348. The van der Waals surface area contributed by atoms with Crippen molar-refractivity contribution in [1.29, 1.82) is 0 Å². The van der Waals surface area contributed by atoms with E-state index in [1.807, 2.05) is 42.5 Å². The Labute approximate surface area is 128 Å². The van der Waals surface area contributed by atoms with Crippen LogP contribution < -0.4 is 11.5 Å². The van der Waals surface area contributed by atoms with Crippen LogP contribution in [0.15, 0.2) is 59.6 Å². The molecule has 4 N–H and O–H groups in total. The van der Waals surface area contributed by atoms with Crippen molar-refractivity contribution < 1.29 is 4.79 Å². The van der Waals surface area contributed by atoms with Crippen molar-refractivity contribution in [3.63, 3.8) is 0 Å². The summed E-state index contributed by atoms with van der Waals surface area (Å²) in [5, 5.41) is 0.654. The zero-order valence-electron chi connectivity index (χ0n) is 11.4. The fraction of sp³-hybridized carbons (Fsp3) is 0.125. The van der Waals surface area contributed by atoms with Crippen LogP contribution in [0.2, 0.25) is 5.02 Å². The van der Waals surface area contributed by atoms with Crippen LogP contribution in [-0.4, -0.2) is 11.9 Å². The molecule has 0 heterocycles. The highest BCUT2D eigenvalue weighted by molar-refractivity contribution is 6.30. The second-order valence-electron chi connectivity index (χ2n) is 4.65. The van der Waals surface area contributed by atoms with Crippen molar-refractivity contribution in [2.24, 2.45) is 16.5 Å². The molecule has 0 aliphatic rings. The third-order valence-electron chi connectivity index (χ3n) is 3.11. The highest BCUT2D eigenvalue weighted by atomic mass is 35.5. The Kier molecular flexibility index (Phi) is 4.95. The zero-order valence-corrected chi connectivity index (χ0v) is 12.1. The summed E-state index contributed by atoms with van der Waals surface area (Å²) in [6, 6.07) is 17.2. The first-order chi connectivity index (χ1) is 10.1. The topological polar surface area (TPSA) is 81.5 Å². The Balaban J connectivity index is 2.33. The molecule has 1 unspecified atom stereocenters. The molecule has 0 bridgehead atoms. The number of hydrogen-bond donors (Lipinski definition) is 2. The molecule has 4 nitrogen and oxygen atoms in total. The van der Waals surface area contributed by atoms with Gasteiger partial charge >= 0.3 is 0 Å². The summed E-state index contributed by atoms with van der Waals surface area (Å²) in [6.45, 7) is 0. The fourth-order valence-corrected chi connectivity index (χ4v) is 2.30.